The van der Waals surface area contributed by atoms with Crippen LogP contribution in [0.2, 0.25) is 0 Å². The maximum Gasteiger partial charge on any atom is 1.00 e. The van der Waals surface area contributed by atoms with E-state index in [4.69, 9.17) is 30.0 Å². The summed E-state index contributed by atoms with van der Waals surface area (Å²) in [6.07, 6.45) is -2.33. The van der Waals surface area contributed by atoms with Crippen molar-refractivity contribution in [3.05, 3.63) is 0 Å². The van der Waals surface area contributed by atoms with Crippen LogP contribution in [0.25, 0.3) is 0 Å². The molecule has 0 rings (SSSR count). The topological polar surface area (TPSA) is 164 Å². The smallest absolute Gasteiger partial charge is 0.652 e. The summed E-state index contributed by atoms with van der Waals surface area (Å²) in [5, 5.41) is 31.7. The van der Waals surface area contributed by atoms with Crippen LogP contribution in [-0.2, 0) is 9.59 Å². The zero-order valence-corrected chi connectivity index (χ0v) is 12.7. The molecule has 0 saturated carbocycles. The summed E-state index contributed by atoms with van der Waals surface area (Å²) in [7, 11) is 0. The van der Waals surface area contributed by atoms with E-state index in [0.717, 1.165) is 6.92 Å². The Morgan fingerprint density at radius 3 is 1.20 bits per heavy atom. The van der Waals surface area contributed by atoms with Gasteiger partial charge >= 0.3 is 65.1 Å². The van der Waals surface area contributed by atoms with Crippen LogP contribution >= 0.6 is 0 Å². The first-order valence-electron chi connectivity index (χ1n) is 2.73. The number of rotatable bonds is 1. The summed E-state index contributed by atoms with van der Waals surface area (Å²) >= 11 is 0. The molecule has 0 heterocycles. The van der Waals surface area contributed by atoms with E-state index < -0.39 is 18.1 Å². The van der Waals surface area contributed by atoms with Crippen molar-refractivity contribution >= 4 is 18.1 Å². The van der Waals surface area contributed by atoms with Crippen LogP contribution in [0, 0.1) is 0 Å². The standard InChI is InChI=1S/C2H5NO2.C2H4O2.CH2O3.2Na/c3-1-2(4)5;1-2(3)4;2-1(3)4;;/h1,3H2,(H,4,5);1H3,(H,3,4);(H2,2,3,4);;/q;;;2*+1/p-2. The van der Waals surface area contributed by atoms with E-state index in [1.807, 2.05) is 0 Å². The van der Waals surface area contributed by atoms with Crippen molar-refractivity contribution in [2.75, 3.05) is 6.54 Å². The van der Waals surface area contributed by atoms with Crippen LogP contribution in [-0.4, -0.2) is 34.9 Å². The van der Waals surface area contributed by atoms with Gasteiger partial charge in [-0.25, -0.2) is 0 Å². The minimum absolute atomic E-state index is 0. The summed E-state index contributed by atoms with van der Waals surface area (Å²) < 4.78 is 0. The van der Waals surface area contributed by atoms with E-state index in [-0.39, 0.29) is 65.7 Å². The summed E-state index contributed by atoms with van der Waals surface area (Å²) in [5.74, 6) is -1.80. The molecule has 78 valence electrons. The van der Waals surface area contributed by atoms with Crippen LogP contribution in [0.1, 0.15) is 6.92 Å². The average Bonchev–Trinajstić information content (AvgIpc) is 1.84. The van der Waals surface area contributed by atoms with Crippen molar-refractivity contribution in [2.24, 2.45) is 5.73 Å². The fourth-order valence-corrected chi connectivity index (χ4v) is 0. The summed E-state index contributed by atoms with van der Waals surface area (Å²) in [6.45, 7) is 0.806. The number of carboxylic acids is 2. The molecule has 0 atom stereocenters. The molecule has 15 heavy (non-hydrogen) atoms. The van der Waals surface area contributed by atoms with Crippen molar-refractivity contribution in [1.82, 2.24) is 0 Å². The molecule has 0 saturated heterocycles. The van der Waals surface area contributed by atoms with Crippen LogP contribution in [0.15, 0.2) is 0 Å². The maximum absolute atomic E-state index is 9.24. The number of hydrogen-bond donors (Lipinski definition) is 3. The van der Waals surface area contributed by atoms with E-state index >= 15 is 0 Å². The molecule has 0 amide bonds. The molecule has 0 fully saturated rings. The van der Waals surface area contributed by atoms with Gasteiger partial charge in [-0.1, -0.05) is 0 Å². The van der Waals surface area contributed by atoms with Crippen LogP contribution in [0.5, 0.6) is 0 Å². The predicted molar refractivity (Wildman–Crippen MR) is 35.4 cm³/mol. The zero-order chi connectivity index (χ0) is 11.4. The molecule has 0 aromatic carbocycles. The Morgan fingerprint density at radius 2 is 1.20 bits per heavy atom. The van der Waals surface area contributed by atoms with Crippen LogP contribution in [0.3, 0.4) is 0 Å². The van der Waals surface area contributed by atoms with Gasteiger partial charge in [0.2, 0.25) is 0 Å². The number of carbonyl (C=O) groups excluding carboxylic acids is 1. The van der Waals surface area contributed by atoms with Gasteiger partial charge in [-0.2, -0.15) is 0 Å². The van der Waals surface area contributed by atoms with E-state index in [2.05, 4.69) is 5.73 Å². The number of nitrogens with two attached hydrogens (primary N) is 1. The predicted octanol–water partition coefficient (Wildman–Crippen LogP) is -9.32. The molecular weight excluding hydrogens is 232 g/mol. The van der Waals surface area contributed by atoms with Crippen molar-refractivity contribution in [2.45, 2.75) is 6.92 Å². The molecule has 8 nitrogen and oxygen atoms in total. The van der Waals surface area contributed by atoms with E-state index in [0.29, 0.717) is 0 Å². The SMILES string of the molecule is CC(=O)O.NCC(=O)O.O=C([O-])[O-].[Na+].[Na+]. The third-order valence-electron chi connectivity index (χ3n) is 0.175. The average molecular weight is 241 g/mol. The third-order valence-corrected chi connectivity index (χ3v) is 0.175. The number of hydrogen-bond acceptors (Lipinski definition) is 6. The van der Waals surface area contributed by atoms with Crippen LogP contribution in [0.4, 0.5) is 4.79 Å². The molecule has 0 spiro atoms. The van der Waals surface area contributed by atoms with Gasteiger partial charge in [0.15, 0.2) is 0 Å². The second-order valence-corrected chi connectivity index (χ2v) is 1.37. The molecule has 4 N–H and O–H groups in total. The third kappa shape index (κ3) is 446. The Bertz CT molecular complexity index is 155. The monoisotopic (exact) mass is 241 g/mol. The molecule has 0 aliphatic carbocycles. The second kappa shape index (κ2) is 23.8. The van der Waals surface area contributed by atoms with Gasteiger partial charge in [0.1, 0.15) is 0 Å². The first-order chi connectivity index (χ1) is 5.73. The van der Waals surface area contributed by atoms with Gasteiger partial charge in [-0.3, -0.25) is 9.59 Å². The van der Waals surface area contributed by atoms with Crippen molar-refractivity contribution in [3.8, 4) is 0 Å². The van der Waals surface area contributed by atoms with E-state index in [1.165, 1.54) is 0 Å². The molecule has 0 aromatic rings. The molecular formula is C5H9NNa2O7. The van der Waals surface area contributed by atoms with Gasteiger partial charge in [0.25, 0.3) is 5.97 Å². The fraction of sp³-hybridized carbons (Fsp3) is 0.400. The molecule has 0 radical (unpaired) electrons. The number of aliphatic carboxylic acids is 2. The van der Waals surface area contributed by atoms with Crippen molar-refractivity contribution in [1.29, 1.82) is 0 Å². The van der Waals surface area contributed by atoms with Gasteiger partial charge in [-0.05, 0) is 6.16 Å². The molecule has 0 unspecified atom stereocenters. The van der Waals surface area contributed by atoms with Gasteiger partial charge in [-0.15, -0.1) is 0 Å². The first-order valence-corrected chi connectivity index (χ1v) is 2.73. The summed E-state index contributed by atoms with van der Waals surface area (Å²) in [5.41, 5.74) is 4.57. The minimum atomic E-state index is -2.33. The normalized spacial score (nSPS) is 5.73. The molecule has 0 bridgehead atoms. The summed E-state index contributed by atoms with van der Waals surface area (Å²) in [4.78, 5) is 26.6. The first kappa shape index (κ1) is 29.4. The second-order valence-electron chi connectivity index (χ2n) is 1.37. The number of carbonyl (C=O) groups is 3. The van der Waals surface area contributed by atoms with Crippen molar-refractivity contribution in [3.63, 3.8) is 0 Å². The zero-order valence-electron chi connectivity index (χ0n) is 8.72. The Hall–Kier alpha value is 0.170. The maximum atomic E-state index is 9.24. The van der Waals surface area contributed by atoms with E-state index in [1.54, 1.807) is 0 Å². The Morgan fingerprint density at radius 1 is 1.13 bits per heavy atom. The van der Waals surface area contributed by atoms with Gasteiger partial charge in [0.05, 0.1) is 6.54 Å². The molecule has 10 heteroatoms. The quantitative estimate of drug-likeness (QED) is 0.381. The van der Waals surface area contributed by atoms with Gasteiger partial charge in [0, 0.05) is 6.92 Å². The fourth-order valence-electron chi connectivity index (χ4n) is 0. The molecule has 0 aliphatic rings. The largest absolute Gasteiger partial charge is 1.00 e. The number of carboxylic acid groups (broad SMARTS) is 4. The minimum Gasteiger partial charge on any atom is -0.652 e. The molecule has 0 aliphatic heterocycles. The van der Waals surface area contributed by atoms with Gasteiger partial charge < -0.3 is 31.0 Å². The Labute approximate surface area is 130 Å². The summed E-state index contributed by atoms with van der Waals surface area (Å²) in [6, 6.07) is 0. The van der Waals surface area contributed by atoms with E-state index in [9.17, 15) is 4.79 Å². The molecule has 0 aromatic heterocycles. The Balaban J connectivity index is -0.0000000315. The Kier molecular flexibility index (Phi) is 46.7. The van der Waals surface area contributed by atoms with Crippen LogP contribution < -0.4 is 75.1 Å². The van der Waals surface area contributed by atoms with Crippen molar-refractivity contribution < 1.29 is 93.9 Å².